The molecule has 0 spiro atoms. The first-order chi connectivity index (χ1) is 13.7. The molecule has 2 aromatic carbocycles. The van der Waals surface area contributed by atoms with Gasteiger partial charge in [-0.2, -0.15) is 0 Å². The minimum Gasteiger partial charge on any atom is -0.344 e. The standard InChI is InChI=1S/C25H34N2O2/c1-6-18(2)22(26-21(28)17-25(3,4)5)24(29)27-23(19-13-9-7-10-14-19)20-15-11-8-12-16-20/h7-16,18,22-23H,6,17H2,1-5H3,(H,26,28)(H,27,29). The molecule has 2 N–H and O–H groups in total. The van der Waals surface area contributed by atoms with Gasteiger partial charge >= 0.3 is 0 Å². The van der Waals surface area contributed by atoms with Crippen LogP contribution in [0, 0.1) is 11.3 Å². The Balaban J connectivity index is 2.25. The normalized spacial score (nSPS) is 13.6. The molecule has 0 saturated heterocycles. The second kappa shape index (κ2) is 10.2. The summed E-state index contributed by atoms with van der Waals surface area (Å²) in [5, 5.41) is 6.16. The smallest absolute Gasteiger partial charge is 0.243 e. The summed E-state index contributed by atoms with van der Waals surface area (Å²) in [6, 6.07) is 19.0. The van der Waals surface area contributed by atoms with E-state index in [2.05, 4.69) is 10.6 Å². The van der Waals surface area contributed by atoms with Gasteiger partial charge in [0.15, 0.2) is 0 Å². The molecule has 0 aliphatic heterocycles. The summed E-state index contributed by atoms with van der Waals surface area (Å²) in [7, 11) is 0. The van der Waals surface area contributed by atoms with Crippen LogP contribution in [0.4, 0.5) is 0 Å². The highest BCUT2D eigenvalue weighted by Gasteiger charge is 2.29. The third-order valence-electron chi connectivity index (χ3n) is 5.06. The number of carbonyl (C=O) groups is 2. The van der Waals surface area contributed by atoms with Crippen LogP contribution < -0.4 is 10.6 Å². The summed E-state index contributed by atoms with van der Waals surface area (Å²) < 4.78 is 0. The SMILES string of the molecule is CCC(C)C(NC(=O)CC(C)(C)C)C(=O)NC(c1ccccc1)c1ccccc1. The summed E-state index contributed by atoms with van der Waals surface area (Å²) >= 11 is 0. The van der Waals surface area contributed by atoms with Gasteiger partial charge in [-0.25, -0.2) is 0 Å². The fraction of sp³-hybridized carbons (Fsp3) is 0.440. The van der Waals surface area contributed by atoms with Crippen LogP contribution in [-0.2, 0) is 9.59 Å². The first-order valence-electron chi connectivity index (χ1n) is 10.4. The number of hydrogen-bond acceptors (Lipinski definition) is 2. The second-order valence-corrected chi connectivity index (χ2v) is 8.93. The molecule has 0 saturated carbocycles. The summed E-state index contributed by atoms with van der Waals surface area (Å²) in [6.45, 7) is 10.1. The Bertz CT molecular complexity index is 742. The Morgan fingerprint density at radius 1 is 0.862 bits per heavy atom. The van der Waals surface area contributed by atoms with Gasteiger partial charge in [0.25, 0.3) is 0 Å². The zero-order valence-corrected chi connectivity index (χ0v) is 18.2. The fourth-order valence-corrected chi connectivity index (χ4v) is 3.29. The van der Waals surface area contributed by atoms with Gasteiger partial charge in [0.1, 0.15) is 6.04 Å². The Kier molecular flexibility index (Phi) is 8.00. The lowest BCUT2D eigenvalue weighted by Crippen LogP contribution is -2.51. The Morgan fingerprint density at radius 2 is 1.34 bits per heavy atom. The lowest BCUT2D eigenvalue weighted by Gasteiger charge is -2.28. The topological polar surface area (TPSA) is 58.2 Å². The predicted molar refractivity (Wildman–Crippen MR) is 118 cm³/mol. The van der Waals surface area contributed by atoms with Crippen LogP contribution in [0.3, 0.4) is 0 Å². The molecule has 0 bridgehead atoms. The van der Waals surface area contributed by atoms with Gasteiger partial charge in [-0.15, -0.1) is 0 Å². The minimum absolute atomic E-state index is 0.0334. The van der Waals surface area contributed by atoms with Crippen molar-refractivity contribution in [2.75, 3.05) is 0 Å². The van der Waals surface area contributed by atoms with Crippen LogP contribution in [0.25, 0.3) is 0 Å². The minimum atomic E-state index is -0.565. The molecule has 0 heterocycles. The number of amides is 2. The van der Waals surface area contributed by atoms with Crippen molar-refractivity contribution >= 4 is 11.8 Å². The Morgan fingerprint density at radius 3 is 1.76 bits per heavy atom. The summed E-state index contributed by atoms with van der Waals surface area (Å²) in [4.78, 5) is 25.8. The van der Waals surface area contributed by atoms with E-state index in [1.807, 2.05) is 95.3 Å². The second-order valence-electron chi connectivity index (χ2n) is 8.93. The molecule has 2 aromatic rings. The van der Waals surface area contributed by atoms with E-state index in [0.717, 1.165) is 17.5 Å². The van der Waals surface area contributed by atoms with E-state index < -0.39 is 6.04 Å². The van der Waals surface area contributed by atoms with Crippen molar-refractivity contribution in [2.24, 2.45) is 11.3 Å². The average molecular weight is 395 g/mol. The van der Waals surface area contributed by atoms with Crippen LogP contribution in [0.15, 0.2) is 60.7 Å². The lowest BCUT2D eigenvalue weighted by molar-refractivity contribution is -0.131. The van der Waals surface area contributed by atoms with Gasteiger partial charge in [-0.1, -0.05) is 102 Å². The monoisotopic (exact) mass is 394 g/mol. The molecular formula is C25H34N2O2. The molecule has 0 aromatic heterocycles. The maximum absolute atomic E-state index is 13.3. The van der Waals surface area contributed by atoms with E-state index in [4.69, 9.17) is 0 Å². The van der Waals surface area contributed by atoms with Gasteiger partial charge in [-0.3, -0.25) is 9.59 Å². The van der Waals surface area contributed by atoms with Crippen molar-refractivity contribution in [1.29, 1.82) is 0 Å². The van der Waals surface area contributed by atoms with Crippen LogP contribution in [0.1, 0.15) is 64.6 Å². The number of rotatable bonds is 8. The van der Waals surface area contributed by atoms with Crippen molar-refractivity contribution in [1.82, 2.24) is 10.6 Å². The van der Waals surface area contributed by atoms with Crippen molar-refractivity contribution < 1.29 is 9.59 Å². The van der Waals surface area contributed by atoms with Crippen molar-refractivity contribution in [3.63, 3.8) is 0 Å². The molecule has 2 rings (SSSR count). The predicted octanol–water partition coefficient (Wildman–Crippen LogP) is 4.86. The van der Waals surface area contributed by atoms with E-state index in [-0.39, 0.29) is 29.2 Å². The maximum atomic E-state index is 13.3. The third kappa shape index (κ3) is 7.04. The molecule has 2 amide bonds. The van der Waals surface area contributed by atoms with E-state index in [0.29, 0.717) is 6.42 Å². The van der Waals surface area contributed by atoms with Crippen molar-refractivity contribution in [3.05, 3.63) is 71.8 Å². The highest BCUT2D eigenvalue weighted by molar-refractivity contribution is 5.88. The maximum Gasteiger partial charge on any atom is 0.243 e. The number of nitrogens with one attached hydrogen (secondary N) is 2. The molecule has 4 nitrogen and oxygen atoms in total. The summed E-state index contributed by atoms with van der Waals surface area (Å²) in [6.07, 6.45) is 1.18. The molecule has 2 atom stereocenters. The Labute approximate surface area is 175 Å². The molecule has 156 valence electrons. The van der Waals surface area contributed by atoms with E-state index in [9.17, 15) is 9.59 Å². The summed E-state index contributed by atoms with van der Waals surface area (Å²) in [5.74, 6) is -0.209. The van der Waals surface area contributed by atoms with Gasteiger partial charge in [0.2, 0.25) is 11.8 Å². The Hall–Kier alpha value is -2.62. The van der Waals surface area contributed by atoms with E-state index >= 15 is 0 Å². The molecule has 0 radical (unpaired) electrons. The molecule has 29 heavy (non-hydrogen) atoms. The van der Waals surface area contributed by atoms with Crippen LogP contribution in [-0.4, -0.2) is 17.9 Å². The first-order valence-corrected chi connectivity index (χ1v) is 10.4. The number of carbonyl (C=O) groups excluding carboxylic acids is 2. The van der Waals surface area contributed by atoms with E-state index in [1.54, 1.807) is 0 Å². The molecule has 0 aliphatic carbocycles. The first kappa shape index (κ1) is 22.7. The molecule has 4 heteroatoms. The van der Waals surface area contributed by atoms with Crippen molar-refractivity contribution in [2.45, 2.75) is 59.5 Å². The highest BCUT2D eigenvalue weighted by Crippen LogP contribution is 2.23. The van der Waals surface area contributed by atoms with Gasteiger partial charge in [0, 0.05) is 6.42 Å². The highest BCUT2D eigenvalue weighted by atomic mass is 16.2. The van der Waals surface area contributed by atoms with Crippen molar-refractivity contribution in [3.8, 4) is 0 Å². The molecule has 2 unspecified atom stereocenters. The van der Waals surface area contributed by atoms with Gasteiger partial charge in [-0.05, 0) is 22.5 Å². The van der Waals surface area contributed by atoms with Crippen LogP contribution >= 0.6 is 0 Å². The average Bonchev–Trinajstić information content (AvgIpc) is 2.69. The number of benzene rings is 2. The van der Waals surface area contributed by atoms with Crippen LogP contribution in [0.5, 0.6) is 0 Å². The van der Waals surface area contributed by atoms with E-state index in [1.165, 1.54) is 0 Å². The largest absolute Gasteiger partial charge is 0.344 e. The molecule has 0 fully saturated rings. The zero-order chi connectivity index (χ0) is 21.4. The fourth-order valence-electron chi connectivity index (χ4n) is 3.29. The quantitative estimate of drug-likeness (QED) is 0.672. The molecular weight excluding hydrogens is 360 g/mol. The number of hydrogen-bond donors (Lipinski definition) is 2. The third-order valence-corrected chi connectivity index (χ3v) is 5.06. The zero-order valence-electron chi connectivity index (χ0n) is 18.2. The van der Waals surface area contributed by atoms with Gasteiger partial charge in [0.05, 0.1) is 6.04 Å². The molecule has 0 aliphatic rings. The summed E-state index contributed by atoms with van der Waals surface area (Å²) in [5.41, 5.74) is 1.89. The van der Waals surface area contributed by atoms with Crippen LogP contribution in [0.2, 0.25) is 0 Å². The van der Waals surface area contributed by atoms with Gasteiger partial charge < -0.3 is 10.6 Å². The lowest BCUT2D eigenvalue weighted by atomic mass is 9.91.